The third kappa shape index (κ3) is 2.61. The molecular formula is C13H13F4N3. The second kappa shape index (κ2) is 5.15. The van der Waals surface area contributed by atoms with Gasteiger partial charge in [0.2, 0.25) is 0 Å². The highest BCUT2D eigenvalue weighted by molar-refractivity contribution is 5.73. The average molecular weight is 287 g/mol. The number of anilines is 1. The Hall–Kier alpha value is -2.05. The maximum absolute atomic E-state index is 13.1. The van der Waals surface area contributed by atoms with Gasteiger partial charge in [0.05, 0.1) is 11.9 Å². The van der Waals surface area contributed by atoms with Gasteiger partial charge < -0.3 is 10.3 Å². The molecule has 108 valence electrons. The van der Waals surface area contributed by atoms with Gasteiger partial charge in [-0.2, -0.15) is 13.2 Å². The van der Waals surface area contributed by atoms with Crippen LogP contribution in [-0.2, 0) is 12.7 Å². The number of nitrogens with two attached hydrogens (primary N) is 1. The summed E-state index contributed by atoms with van der Waals surface area (Å²) in [4.78, 5) is 3.92. The fourth-order valence-corrected chi connectivity index (χ4v) is 1.98. The zero-order valence-electron chi connectivity index (χ0n) is 10.7. The minimum Gasteiger partial charge on any atom is -0.383 e. The molecule has 0 radical (unpaired) electrons. The van der Waals surface area contributed by atoms with E-state index in [2.05, 4.69) is 4.98 Å². The number of benzene rings is 1. The van der Waals surface area contributed by atoms with Crippen LogP contribution in [0, 0.1) is 5.82 Å². The van der Waals surface area contributed by atoms with Gasteiger partial charge in [-0.1, -0.05) is 6.92 Å². The SMILES string of the molecule is CCCn1cnc(-c2ccc(F)cc2C(F)(F)F)c1N. The van der Waals surface area contributed by atoms with Crippen LogP contribution in [0.2, 0.25) is 0 Å². The van der Waals surface area contributed by atoms with Gasteiger partial charge in [-0.05, 0) is 24.6 Å². The predicted octanol–water partition coefficient (Wildman–Crippen LogP) is 3.70. The predicted molar refractivity (Wildman–Crippen MR) is 67.3 cm³/mol. The van der Waals surface area contributed by atoms with E-state index in [4.69, 9.17) is 5.73 Å². The van der Waals surface area contributed by atoms with Crippen LogP contribution in [0.3, 0.4) is 0 Å². The summed E-state index contributed by atoms with van der Waals surface area (Å²) < 4.78 is 53.5. The molecule has 0 aliphatic rings. The number of nitrogen functional groups attached to an aromatic ring is 1. The molecule has 1 aromatic carbocycles. The number of alkyl halides is 3. The van der Waals surface area contributed by atoms with E-state index in [1.807, 2.05) is 6.92 Å². The number of halogens is 4. The average Bonchev–Trinajstić information content (AvgIpc) is 2.71. The fourth-order valence-electron chi connectivity index (χ4n) is 1.98. The normalized spacial score (nSPS) is 11.8. The molecule has 1 aromatic heterocycles. The summed E-state index contributed by atoms with van der Waals surface area (Å²) in [6.45, 7) is 2.47. The van der Waals surface area contributed by atoms with Crippen molar-refractivity contribution in [1.82, 2.24) is 9.55 Å². The zero-order chi connectivity index (χ0) is 14.9. The van der Waals surface area contributed by atoms with E-state index in [1.54, 1.807) is 4.57 Å². The maximum Gasteiger partial charge on any atom is 0.417 e. The molecule has 0 amide bonds. The molecule has 2 aromatic rings. The van der Waals surface area contributed by atoms with Crippen molar-refractivity contribution in [3.8, 4) is 11.3 Å². The monoisotopic (exact) mass is 287 g/mol. The molecule has 0 fully saturated rings. The molecule has 7 heteroatoms. The lowest BCUT2D eigenvalue weighted by molar-refractivity contribution is -0.137. The van der Waals surface area contributed by atoms with Crippen molar-refractivity contribution in [1.29, 1.82) is 0 Å². The summed E-state index contributed by atoms with van der Waals surface area (Å²) in [5, 5.41) is 0. The van der Waals surface area contributed by atoms with Gasteiger partial charge >= 0.3 is 6.18 Å². The molecule has 3 nitrogen and oxygen atoms in total. The number of hydrogen-bond donors (Lipinski definition) is 1. The molecule has 0 aliphatic carbocycles. The van der Waals surface area contributed by atoms with Crippen LogP contribution in [0.5, 0.6) is 0 Å². The van der Waals surface area contributed by atoms with Crippen LogP contribution in [0.15, 0.2) is 24.5 Å². The van der Waals surface area contributed by atoms with E-state index in [0.29, 0.717) is 12.6 Å². The Kier molecular flexibility index (Phi) is 3.69. The number of rotatable bonds is 3. The van der Waals surface area contributed by atoms with E-state index >= 15 is 0 Å². The topological polar surface area (TPSA) is 43.8 Å². The minimum atomic E-state index is -4.67. The molecule has 0 atom stereocenters. The van der Waals surface area contributed by atoms with Crippen molar-refractivity contribution >= 4 is 5.82 Å². The van der Waals surface area contributed by atoms with E-state index in [1.165, 1.54) is 6.33 Å². The highest BCUT2D eigenvalue weighted by Crippen LogP contribution is 2.38. The van der Waals surface area contributed by atoms with E-state index in [-0.39, 0.29) is 17.1 Å². The lowest BCUT2D eigenvalue weighted by Gasteiger charge is -2.12. The quantitative estimate of drug-likeness (QED) is 0.875. The third-order valence-electron chi connectivity index (χ3n) is 2.88. The Bertz CT molecular complexity index is 617. The summed E-state index contributed by atoms with van der Waals surface area (Å²) in [6.07, 6.45) is -2.51. The maximum atomic E-state index is 13.1. The Morgan fingerprint density at radius 2 is 2.00 bits per heavy atom. The number of nitrogens with zero attached hydrogens (tertiary/aromatic N) is 2. The highest BCUT2D eigenvalue weighted by Gasteiger charge is 2.35. The first-order valence-electron chi connectivity index (χ1n) is 6.02. The minimum absolute atomic E-state index is 0.0192. The van der Waals surface area contributed by atoms with Gasteiger partial charge in [0, 0.05) is 12.1 Å². The van der Waals surface area contributed by atoms with Crippen LogP contribution in [-0.4, -0.2) is 9.55 Å². The molecule has 0 bridgehead atoms. The molecule has 2 N–H and O–H groups in total. The standard InChI is InChI=1S/C13H13F4N3/c1-2-5-20-7-19-11(12(20)18)9-4-3-8(14)6-10(9)13(15,16)17/h3-4,6-7H,2,5,18H2,1H3. The van der Waals surface area contributed by atoms with Gasteiger partial charge in [0.1, 0.15) is 17.3 Å². The second-order valence-electron chi connectivity index (χ2n) is 4.36. The van der Waals surface area contributed by atoms with Gasteiger partial charge in [-0.15, -0.1) is 0 Å². The van der Waals surface area contributed by atoms with Crippen molar-refractivity contribution in [3.63, 3.8) is 0 Å². The van der Waals surface area contributed by atoms with Crippen LogP contribution >= 0.6 is 0 Å². The molecule has 20 heavy (non-hydrogen) atoms. The van der Waals surface area contributed by atoms with Crippen molar-refractivity contribution in [2.24, 2.45) is 0 Å². The zero-order valence-corrected chi connectivity index (χ0v) is 10.7. The van der Waals surface area contributed by atoms with Crippen molar-refractivity contribution in [2.45, 2.75) is 26.1 Å². The second-order valence-corrected chi connectivity index (χ2v) is 4.36. The van der Waals surface area contributed by atoms with E-state index < -0.39 is 17.6 Å². The summed E-state index contributed by atoms with van der Waals surface area (Å²) >= 11 is 0. The molecule has 0 saturated carbocycles. The molecule has 0 aliphatic heterocycles. The smallest absolute Gasteiger partial charge is 0.383 e. The van der Waals surface area contributed by atoms with Crippen molar-refractivity contribution in [2.75, 3.05) is 5.73 Å². The summed E-state index contributed by atoms with van der Waals surface area (Å²) in [5.74, 6) is -0.809. The Morgan fingerprint density at radius 3 is 2.60 bits per heavy atom. The van der Waals surface area contributed by atoms with Gasteiger partial charge in [-0.25, -0.2) is 9.37 Å². The molecule has 2 rings (SSSR count). The number of hydrogen-bond acceptors (Lipinski definition) is 2. The van der Waals surface area contributed by atoms with Gasteiger partial charge in [-0.3, -0.25) is 0 Å². The van der Waals surface area contributed by atoms with Crippen LogP contribution in [0.4, 0.5) is 23.4 Å². The lowest BCUT2D eigenvalue weighted by Crippen LogP contribution is -2.09. The third-order valence-corrected chi connectivity index (χ3v) is 2.88. The highest BCUT2D eigenvalue weighted by atomic mass is 19.4. The number of aryl methyl sites for hydroxylation is 1. The van der Waals surface area contributed by atoms with Crippen molar-refractivity contribution < 1.29 is 17.6 Å². The first kappa shape index (κ1) is 14.4. The Balaban J connectivity index is 2.58. The largest absolute Gasteiger partial charge is 0.417 e. The first-order valence-corrected chi connectivity index (χ1v) is 6.02. The van der Waals surface area contributed by atoms with E-state index in [0.717, 1.165) is 18.6 Å². The Morgan fingerprint density at radius 1 is 1.30 bits per heavy atom. The number of aromatic nitrogens is 2. The summed E-state index contributed by atoms with van der Waals surface area (Å²) in [6, 6.07) is 2.46. The molecular weight excluding hydrogens is 274 g/mol. The molecule has 1 heterocycles. The van der Waals surface area contributed by atoms with Crippen LogP contribution in [0.25, 0.3) is 11.3 Å². The van der Waals surface area contributed by atoms with Gasteiger partial charge in [0.15, 0.2) is 0 Å². The fraction of sp³-hybridized carbons (Fsp3) is 0.308. The summed E-state index contributed by atoms with van der Waals surface area (Å²) in [7, 11) is 0. The number of imidazole rings is 1. The van der Waals surface area contributed by atoms with Crippen LogP contribution < -0.4 is 5.73 Å². The molecule has 0 spiro atoms. The molecule has 0 saturated heterocycles. The Labute approximate surface area is 113 Å². The lowest BCUT2D eigenvalue weighted by atomic mass is 10.0. The van der Waals surface area contributed by atoms with E-state index in [9.17, 15) is 17.6 Å². The van der Waals surface area contributed by atoms with Gasteiger partial charge in [0.25, 0.3) is 0 Å². The first-order chi connectivity index (χ1) is 9.34. The molecule has 0 unspecified atom stereocenters. The van der Waals surface area contributed by atoms with Crippen LogP contribution in [0.1, 0.15) is 18.9 Å². The summed E-state index contributed by atoms with van der Waals surface area (Å²) in [5.41, 5.74) is 4.54. The van der Waals surface area contributed by atoms with Crippen molar-refractivity contribution in [3.05, 3.63) is 35.9 Å².